The molecule has 0 aliphatic carbocycles. The number of hydrazone groups is 1. The maximum absolute atomic E-state index is 13.3. The van der Waals surface area contributed by atoms with E-state index in [2.05, 4.69) is 19.9 Å². The van der Waals surface area contributed by atoms with Crippen LogP contribution in [-0.4, -0.2) is 43.6 Å². The highest BCUT2D eigenvalue weighted by atomic mass is 32.2. The fourth-order valence-electron chi connectivity index (χ4n) is 2.75. The number of alkyl halides is 2. The molecule has 0 amide bonds. The summed E-state index contributed by atoms with van der Waals surface area (Å²) in [6.07, 6.45) is 0.774. The Bertz CT molecular complexity index is 968. The number of benzene rings is 1. The van der Waals surface area contributed by atoms with Gasteiger partial charge in [0.25, 0.3) is 15.9 Å². The second-order valence-electron chi connectivity index (χ2n) is 6.74. The summed E-state index contributed by atoms with van der Waals surface area (Å²) in [6, 6.07) is 8.01. The van der Waals surface area contributed by atoms with Gasteiger partial charge in [-0.1, -0.05) is 17.7 Å². The Balaban J connectivity index is 1.72. The number of halogens is 2. The fourth-order valence-corrected chi connectivity index (χ4v) is 3.54. The number of anilines is 1. The molecular weight excluding hydrogens is 388 g/mol. The second-order valence-corrected chi connectivity index (χ2v) is 8.40. The number of aryl methyl sites for hydroxylation is 2. The minimum Gasteiger partial charge on any atom is -0.340 e. The molecule has 1 saturated heterocycles. The summed E-state index contributed by atoms with van der Waals surface area (Å²) >= 11 is 0. The molecule has 150 valence electrons. The Kier molecular flexibility index (Phi) is 5.59. The number of nitrogens with zero attached hydrogens (tertiary/aromatic N) is 4. The first-order valence-electron chi connectivity index (χ1n) is 8.75. The minimum absolute atomic E-state index is 0.101. The van der Waals surface area contributed by atoms with Crippen molar-refractivity contribution < 1.29 is 17.2 Å². The van der Waals surface area contributed by atoms with Gasteiger partial charge < -0.3 is 4.90 Å². The van der Waals surface area contributed by atoms with Gasteiger partial charge in [-0.3, -0.25) is 0 Å². The van der Waals surface area contributed by atoms with E-state index in [-0.39, 0.29) is 30.8 Å². The molecule has 2 heterocycles. The molecule has 2 aromatic rings. The van der Waals surface area contributed by atoms with E-state index >= 15 is 0 Å². The number of hydrogen-bond acceptors (Lipinski definition) is 6. The van der Waals surface area contributed by atoms with Crippen LogP contribution in [0.15, 0.2) is 40.3 Å². The van der Waals surface area contributed by atoms with E-state index in [4.69, 9.17) is 0 Å². The second kappa shape index (κ2) is 7.78. The molecule has 0 radical (unpaired) electrons. The Morgan fingerprint density at radius 3 is 2.43 bits per heavy atom. The van der Waals surface area contributed by atoms with E-state index in [0.29, 0.717) is 17.3 Å². The number of piperidine rings is 1. The van der Waals surface area contributed by atoms with Gasteiger partial charge in [-0.05, 0) is 32.0 Å². The normalized spacial score (nSPS) is 17.1. The lowest BCUT2D eigenvalue weighted by molar-refractivity contribution is -0.0222. The van der Waals surface area contributed by atoms with Gasteiger partial charge in [-0.15, -0.1) is 0 Å². The summed E-state index contributed by atoms with van der Waals surface area (Å²) in [4.78, 5) is 12.5. The van der Waals surface area contributed by atoms with Gasteiger partial charge in [0, 0.05) is 31.6 Å². The molecule has 1 aliphatic rings. The molecule has 3 rings (SSSR count). The molecule has 28 heavy (non-hydrogen) atoms. The largest absolute Gasteiger partial charge is 0.340 e. The number of sulfonamides is 1. The van der Waals surface area contributed by atoms with Crippen LogP contribution in [0.25, 0.3) is 0 Å². The first kappa shape index (κ1) is 20.1. The van der Waals surface area contributed by atoms with Crippen LogP contribution >= 0.6 is 0 Å². The zero-order valence-corrected chi connectivity index (χ0v) is 16.4. The van der Waals surface area contributed by atoms with Crippen molar-refractivity contribution in [2.45, 2.75) is 37.5 Å². The highest BCUT2D eigenvalue weighted by molar-refractivity contribution is 7.89. The lowest BCUT2D eigenvalue weighted by atomic mass is 10.1. The van der Waals surface area contributed by atoms with Crippen molar-refractivity contribution in [1.29, 1.82) is 0 Å². The highest BCUT2D eigenvalue weighted by Gasteiger charge is 2.34. The molecule has 1 aromatic heterocycles. The molecule has 0 atom stereocenters. The predicted octanol–water partition coefficient (Wildman–Crippen LogP) is 2.64. The summed E-state index contributed by atoms with van der Waals surface area (Å²) in [7, 11) is -3.79. The van der Waals surface area contributed by atoms with Gasteiger partial charge in [-0.2, -0.15) is 13.5 Å². The topological polar surface area (TPSA) is 87.5 Å². The summed E-state index contributed by atoms with van der Waals surface area (Å²) in [5.41, 5.74) is 1.96. The van der Waals surface area contributed by atoms with Gasteiger partial charge >= 0.3 is 0 Å². The summed E-state index contributed by atoms with van der Waals surface area (Å²) in [6.45, 7) is 3.93. The van der Waals surface area contributed by atoms with Crippen LogP contribution in [0.5, 0.6) is 0 Å². The zero-order valence-electron chi connectivity index (χ0n) is 15.6. The van der Waals surface area contributed by atoms with Gasteiger partial charge in [0.15, 0.2) is 0 Å². The van der Waals surface area contributed by atoms with Crippen molar-refractivity contribution in [3.63, 3.8) is 0 Å². The SMILES string of the molecule is Cc1ccc(S(=O)(=O)N/N=C\c2cc(C)nc(N3CCC(F)(F)CC3)n2)cc1. The van der Waals surface area contributed by atoms with E-state index in [1.165, 1.54) is 18.3 Å². The van der Waals surface area contributed by atoms with Gasteiger partial charge in [0.05, 0.1) is 16.8 Å². The highest BCUT2D eigenvalue weighted by Crippen LogP contribution is 2.29. The number of nitrogens with one attached hydrogen (secondary N) is 1. The quantitative estimate of drug-likeness (QED) is 0.606. The zero-order chi connectivity index (χ0) is 20.4. The molecule has 1 fully saturated rings. The first-order valence-corrected chi connectivity index (χ1v) is 10.2. The molecular formula is C18H21F2N5O2S. The Morgan fingerprint density at radius 1 is 1.14 bits per heavy atom. The Labute approximate surface area is 162 Å². The van der Waals surface area contributed by atoms with E-state index < -0.39 is 15.9 Å². The van der Waals surface area contributed by atoms with Crippen LogP contribution in [0, 0.1) is 13.8 Å². The van der Waals surface area contributed by atoms with Crippen LogP contribution in [-0.2, 0) is 10.0 Å². The molecule has 1 N–H and O–H groups in total. The third kappa shape index (κ3) is 5.00. The van der Waals surface area contributed by atoms with Gasteiger partial charge in [-0.25, -0.2) is 23.6 Å². The first-order chi connectivity index (χ1) is 13.1. The smallest absolute Gasteiger partial charge is 0.276 e. The van der Waals surface area contributed by atoms with Crippen molar-refractivity contribution in [1.82, 2.24) is 14.8 Å². The van der Waals surface area contributed by atoms with Gasteiger partial charge in [0.2, 0.25) is 5.95 Å². The van der Waals surface area contributed by atoms with Crippen LogP contribution in [0.3, 0.4) is 0 Å². The molecule has 0 bridgehead atoms. The lowest BCUT2D eigenvalue weighted by Crippen LogP contribution is -2.40. The molecule has 1 aliphatic heterocycles. The fraction of sp³-hybridized carbons (Fsp3) is 0.389. The lowest BCUT2D eigenvalue weighted by Gasteiger charge is -2.31. The van der Waals surface area contributed by atoms with Crippen molar-refractivity contribution in [3.05, 3.63) is 47.3 Å². The van der Waals surface area contributed by atoms with Crippen molar-refractivity contribution in [2.24, 2.45) is 5.10 Å². The standard InChI is InChI=1S/C18H21F2N5O2S/c1-13-3-5-16(6-4-13)28(26,27)24-21-12-15-11-14(2)22-17(23-15)25-9-7-18(19,20)8-10-25/h3-6,11-12,24H,7-10H2,1-2H3/b21-12-. The summed E-state index contributed by atoms with van der Waals surface area (Å²) < 4.78 is 51.2. The number of rotatable bonds is 5. The third-order valence-corrected chi connectivity index (χ3v) is 5.58. The summed E-state index contributed by atoms with van der Waals surface area (Å²) in [5, 5.41) is 3.77. The van der Waals surface area contributed by atoms with Crippen LogP contribution in [0.1, 0.15) is 29.8 Å². The molecule has 10 heteroatoms. The maximum atomic E-state index is 13.3. The van der Waals surface area contributed by atoms with Crippen molar-refractivity contribution >= 4 is 22.2 Å². The number of aromatic nitrogens is 2. The predicted molar refractivity (Wildman–Crippen MR) is 102 cm³/mol. The van der Waals surface area contributed by atoms with E-state index in [0.717, 1.165) is 5.56 Å². The van der Waals surface area contributed by atoms with Crippen LogP contribution in [0.4, 0.5) is 14.7 Å². The molecule has 1 aromatic carbocycles. The maximum Gasteiger partial charge on any atom is 0.276 e. The van der Waals surface area contributed by atoms with Crippen LogP contribution in [0.2, 0.25) is 0 Å². The third-order valence-electron chi connectivity index (χ3n) is 4.34. The molecule has 0 saturated carbocycles. The Hall–Kier alpha value is -2.62. The van der Waals surface area contributed by atoms with Crippen molar-refractivity contribution in [2.75, 3.05) is 18.0 Å². The van der Waals surface area contributed by atoms with E-state index in [9.17, 15) is 17.2 Å². The Morgan fingerprint density at radius 2 is 1.79 bits per heavy atom. The van der Waals surface area contributed by atoms with Gasteiger partial charge in [0.1, 0.15) is 0 Å². The number of hydrogen-bond donors (Lipinski definition) is 1. The molecule has 7 nitrogen and oxygen atoms in total. The molecule has 0 spiro atoms. The minimum atomic E-state index is -3.79. The van der Waals surface area contributed by atoms with E-state index in [1.807, 2.05) is 6.92 Å². The average Bonchev–Trinajstić information content (AvgIpc) is 2.61. The average molecular weight is 409 g/mol. The van der Waals surface area contributed by atoms with Crippen molar-refractivity contribution in [3.8, 4) is 0 Å². The molecule has 0 unspecified atom stereocenters. The summed E-state index contributed by atoms with van der Waals surface area (Å²) in [5.74, 6) is -2.32. The van der Waals surface area contributed by atoms with Crippen LogP contribution < -0.4 is 9.73 Å². The van der Waals surface area contributed by atoms with E-state index in [1.54, 1.807) is 30.0 Å². The monoisotopic (exact) mass is 409 g/mol.